The average molecular weight is 481 g/mol. The van der Waals surface area contributed by atoms with Gasteiger partial charge in [-0.1, -0.05) is 13.8 Å². The van der Waals surface area contributed by atoms with E-state index in [4.69, 9.17) is 0 Å². The fourth-order valence-electron chi connectivity index (χ4n) is 8.32. The Morgan fingerprint density at radius 2 is 1.71 bits per heavy atom. The van der Waals surface area contributed by atoms with E-state index in [0.717, 1.165) is 0 Å². The number of rotatable bonds is 5. The van der Waals surface area contributed by atoms with Gasteiger partial charge in [0.15, 0.2) is 5.78 Å². The predicted molar refractivity (Wildman–Crippen MR) is 127 cm³/mol. The van der Waals surface area contributed by atoms with Gasteiger partial charge in [0.2, 0.25) is 0 Å². The van der Waals surface area contributed by atoms with Crippen molar-refractivity contribution >= 4 is 5.78 Å². The highest BCUT2D eigenvalue weighted by atomic mass is 16.3. The minimum absolute atomic E-state index is 0.0840. The molecule has 0 amide bonds. The zero-order valence-electron chi connectivity index (χ0n) is 21.3. The highest BCUT2D eigenvalue weighted by molar-refractivity contribution is 5.95. The lowest BCUT2D eigenvalue weighted by molar-refractivity contribution is -0.177. The second-order valence-corrected chi connectivity index (χ2v) is 13.2. The Morgan fingerprint density at radius 3 is 2.32 bits per heavy atom. The molecule has 3 saturated carbocycles. The number of fused-ring (bicyclic) bond motifs is 5. The molecule has 2 unspecified atom stereocenters. The van der Waals surface area contributed by atoms with Crippen LogP contribution in [0.2, 0.25) is 0 Å². The Bertz CT molecular complexity index is 860. The Balaban J connectivity index is 1.66. The molecule has 34 heavy (non-hydrogen) atoms. The highest BCUT2D eigenvalue weighted by Crippen LogP contribution is 2.68. The lowest BCUT2D eigenvalue weighted by atomic mass is 9.45. The van der Waals surface area contributed by atoms with Crippen LogP contribution in [-0.2, 0) is 4.79 Å². The highest BCUT2D eigenvalue weighted by Gasteiger charge is 2.69. The number of aliphatic hydroxyl groups excluding tert-OH is 3. The molecule has 7 heteroatoms. The minimum Gasteiger partial charge on any atom is -0.390 e. The van der Waals surface area contributed by atoms with Gasteiger partial charge in [-0.2, -0.15) is 0 Å². The summed E-state index contributed by atoms with van der Waals surface area (Å²) in [4.78, 5) is 13.2. The summed E-state index contributed by atoms with van der Waals surface area (Å²) in [5.41, 5.74) is -4.27. The number of ketones is 1. The smallest absolute Gasteiger partial charge is 0.159 e. The monoisotopic (exact) mass is 480 g/mol. The normalized spacial score (nSPS) is 47.2. The van der Waals surface area contributed by atoms with Crippen LogP contribution in [-0.4, -0.2) is 71.5 Å². The lowest BCUT2D eigenvalue weighted by Gasteiger charge is -2.60. The molecule has 0 spiro atoms. The molecule has 4 rings (SSSR count). The molecular weight excluding hydrogens is 436 g/mol. The third-order valence-electron chi connectivity index (χ3n) is 10.5. The van der Waals surface area contributed by atoms with Gasteiger partial charge in [0.1, 0.15) is 0 Å². The number of carbonyl (C=O) groups is 1. The first-order valence-corrected chi connectivity index (χ1v) is 12.9. The van der Waals surface area contributed by atoms with Crippen LogP contribution in [0.4, 0.5) is 0 Å². The van der Waals surface area contributed by atoms with E-state index in [9.17, 15) is 35.4 Å². The molecule has 6 N–H and O–H groups in total. The summed E-state index contributed by atoms with van der Waals surface area (Å²) in [5, 5.41) is 65.5. The first-order valence-electron chi connectivity index (χ1n) is 12.9. The largest absolute Gasteiger partial charge is 0.390 e. The van der Waals surface area contributed by atoms with Crippen molar-refractivity contribution in [3.8, 4) is 0 Å². The topological polar surface area (TPSA) is 138 Å². The maximum Gasteiger partial charge on any atom is 0.159 e. The summed E-state index contributed by atoms with van der Waals surface area (Å²) in [6, 6.07) is 0. The van der Waals surface area contributed by atoms with Gasteiger partial charge < -0.3 is 30.6 Å². The maximum absolute atomic E-state index is 13.2. The Hall–Kier alpha value is -0.830. The molecular formula is C27H44O7. The number of carbonyl (C=O) groups excluding carboxylic acids is 1. The molecule has 0 aromatic carbocycles. The van der Waals surface area contributed by atoms with E-state index < -0.39 is 45.9 Å². The Labute approximate surface area is 202 Å². The van der Waals surface area contributed by atoms with Crippen molar-refractivity contribution in [2.24, 2.45) is 28.6 Å². The predicted octanol–water partition coefficient (Wildman–Crippen LogP) is 1.85. The summed E-state index contributed by atoms with van der Waals surface area (Å²) < 4.78 is 0. The van der Waals surface area contributed by atoms with Crippen LogP contribution in [0.15, 0.2) is 11.6 Å². The quantitative estimate of drug-likeness (QED) is 0.353. The molecule has 10 atom stereocenters. The van der Waals surface area contributed by atoms with Gasteiger partial charge in [-0.3, -0.25) is 4.79 Å². The van der Waals surface area contributed by atoms with E-state index in [1.54, 1.807) is 26.8 Å². The van der Waals surface area contributed by atoms with Gasteiger partial charge in [-0.05, 0) is 101 Å². The van der Waals surface area contributed by atoms with Gasteiger partial charge >= 0.3 is 0 Å². The van der Waals surface area contributed by atoms with E-state index in [0.29, 0.717) is 44.1 Å². The number of hydrogen-bond acceptors (Lipinski definition) is 7. The number of hydrogen-bond donors (Lipinski definition) is 6. The molecule has 3 fully saturated rings. The van der Waals surface area contributed by atoms with Crippen molar-refractivity contribution in [2.45, 2.75) is 121 Å². The van der Waals surface area contributed by atoms with Gasteiger partial charge in [0, 0.05) is 11.3 Å². The lowest BCUT2D eigenvalue weighted by Crippen LogP contribution is -2.62. The molecule has 0 radical (unpaired) electrons. The van der Waals surface area contributed by atoms with Crippen molar-refractivity contribution in [3.63, 3.8) is 0 Å². The fraction of sp³-hybridized carbons (Fsp3) is 0.889. The van der Waals surface area contributed by atoms with Crippen molar-refractivity contribution in [2.75, 3.05) is 0 Å². The second-order valence-electron chi connectivity index (χ2n) is 13.2. The molecule has 0 aliphatic heterocycles. The van der Waals surface area contributed by atoms with Gasteiger partial charge in [0.05, 0.1) is 35.1 Å². The zero-order chi connectivity index (χ0) is 25.5. The van der Waals surface area contributed by atoms with E-state index in [2.05, 4.69) is 0 Å². The molecule has 0 saturated heterocycles. The van der Waals surface area contributed by atoms with Crippen molar-refractivity contribution in [1.82, 2.24) is 0 Å². The van der Waals surface area contributed by atoms with Gasteiger partial charge in [-0.15, -0.1) is 0 Å². The van der Waals surface area contributed by atoms with Crippen LogP contribution in [0.1, 0.15) is 86.0 Å². The first kappa shape index (κ1) is 26.2. The van der Waals surface area contributed by atoms with Gasteiger partial charge in [0.25, 0.3) is 0 Å². The zero-order valence-corrected chi connectivity index (χ0v) is 21.3. The van der Waals surface area contributed by atoms with Crippen LogP contribution in [0.25, 0.3) is 0 Å². The van der Waals surface area contributed by atoms with Crippen LogP contribution < -0.4 is 0 Å². The van der Waals surface area contributed by atoms with Crippen molar-refractivity contribution in [1.29, 1.82) is 0 Å². The first-order chi connectivity index (χ1) is 15.5. The fourth-order valence-corrected chi connectivity index (χ4v) is 8.32. The van der Waals surface area contributed by atoms with Crippen LogP contribution in [0, 0.1) is 28.6 Å². The van der Waals surface area contributed by atoms with Crippen LogP contribution in [0.5, 0.6) is 0 Å². The van der Waals surface area contributed by atoms with Crippen molar-refractivity contribution in [3.05, 3.63) is 11.6 Å². The molecule has 0 aromatic heterocycles. The van der Waals surface area contributed by atoms with Crippen molar-refractivity contribution < 1.29 is 35.4 Å². The van der Waals surface area contributed by atoms with Crippen LogP contribution in [0.3, 0.4) is 0 Å². The summed E-state index contributed by atoms with van der Waals surface area (Å²) in [6.45, 7) is 8.96. The molecule has 0 bridgehead atoms. The summed E-state index contributed by atoms with van der Waals surface area (Å²) in [6.07, 6.45) is 2.11. The summed E-state index contributed by atoms with van der Waals surface area (Å²) in [7, 11) is 0. The molecule has 194 valence electrons. The molecule has 0 heterocycles. The van der Waals surface area contributed by atoms with Gasteiger partial charge in [-0.25, -0.2) is 0 Å². The Kier molecular flexibility index (Phi) is 6.24. The SMILES string of the molecule is CC(C)(O)CC[C@@H](O)C(C)(O)[C@H]1CC[C@@]2(O)C3=CC(=O)[C@@H]4C[C@@H](O)[C@@H](O)C[C@]4(C)C3CC[C@]12C. The molecule has 7 nitrogen and oxygen atoms in total. The number of allylic oxidation sites excluding steroid dienone is 1. The number of aliphatic hydroxyl groups is 6. The average Bonchev–Trinajstić information content (AvgIpc) is 3.00. The van der Waals surface area contributed by atoms with E-state index in [-0.39, 0.29) is 36.4 Å². The third-order valence-corrected chi connectivity index (χ3v) is 10.5. The third kappa shape index (κ3) is 3.73. The Morgan fingerprint density at radius 1 is 1.06 bits per heavy atom. The van der Waals surface area contributed by atoms with E-state index in [1.165, 1.54) is 0 Å². The van der Waals surface area contributed by atoms with E-state index in [1.807, 2.05) is 13.8 Å². The molecule has 0 aromatic rings. The molecule has 4 aliphatic carbocycles. The second kappa shape index (κ2) is 8.09. The summed E-state index contributed by atoms with van der Waals surface area (Å²) in [5.74, 6) is -0.948. The summed E-state index contributed by atoms with van der Waals surface area (Å²) >= 11 is 0. The standard InChI is InChI=1S/C27H44O7/c1-23(2,32)9-8-22(31)26(5,33)21-7-11-27(34)16-12-18(28)17-13-19(29)20(30)14-24(17,3)15(16)6-10-25(21,27)4/h12,15,17,19-22,29-34H,6-11,13-14H2,1-5H3/t15?,17-,19+,20-,21-,22+,24+,25+,26?,27+/m0/s1. The van der Waals surface area contributed by atoms with Crippen LogP contribution >= 0.6 is 0 Å². The minimum atomic E-state index is -1.46. The maximum atomic E-state index is 13.2. The molecule has 4 aliphatic rings. The van der Waals surface area contributed by atoms with E-state index >= 15 is 0 Å².